The van der Waals surface area contributed by atoms with Crippen molar-refractivity contribution in [2.24, 2.45) is 0 Å². The van der Waals surface area contributed by atoms with Crippen molar-refractivity contribution in [2.45, 2.75) is 24.9 Å². The summed E-state index contributed by atoms with van der Waals surface area (Å²) >= 11 is 6.68. The first-order valence-corrected chi connectivity index (χ1v) is 19.5. The Morgan fingerprint density at radius 1 is 0.686 bits per heavy atom. The monoisotopic (exact) mass is 788 g/mol. The van der Waals surface area contributed by atoms with E-state index in [-0.39, 0.29) is 11.8 Å². The summed E-state index contributed by atoms with van der Waals surface area (Å²) in [5.41, 5.74) is 5.03. The Morgan fingerprint density at radius 3 is 1.53 bits per heavy atom. The van der Waals surface area contributed by atoms with Crippen LogP contribution >= 0.6 is 39.5 Å². The van der Waals surface area contributed by atoms with Gasteiger partial charge in [0.15, 0.2) is 0 Å². The number of hydrogen-bond acceptors (Lipinski definition) is 8. The van der Waals surface area contributed by atoms with Gasteiger partial charge < -0.3 is 20.1 Å². The van der Waals surface area contributed by atoms with Crippen LogP contribution in [0.3, 0.4) is 0 Å². The van der Waals surface area contributed by atoms with Crippen LogP contribution in [-0.4, -0.2) is 74.1 Å². The Labute approximate surface area is 317 Å². The number of amides is 2. The van der Waals surface area contributed by atoms with Gasteiger partial charge in [0.25, 0.3) is 11.8 Å². The van der Waals surface area contributed by atoms with Crippen LogP contribution in [0, 0.1) is 12.3 Å². The van der Waals surface area contributed by atoms with Crippen molar-refractivity contribution in [3.05, 3.63) is 118 Å². The number of carbonyl (C=O) groups is 4. The maximum absolute atomic E-state index is 12.9. The second-order valence-corrected chi connectivity index (χ2v) is 13.9. The van der Waals surface area contributed by atoms with E-state index >= 15 is 0 Å². The number of hydrogen-bond donors (Lipinski definition) is 2. The van der Waals surface area contributed by atoms with Gasteiger partial charge in [-0.2, -0.15) is 23.5 Å². The molecule has 51 heavy (non-hydrogen) atoms. The lowest BCUT2D eigenvalue weighted by atomic mass is 9.96. The van der Waals surface area contributed by atoms with Crippen molar-refractivity contribution in [1.29, 1.82) is 0 Å². The molecule has 4 rings (SSSR count). The first-order chi connectivity index (χ1) is 24.7. The van der Waals surface area contributed by atoms with Crippen molar-refractivity contribution < 1.29 is 28.7 Å². The number of rotatable bonds is 14. The molecule has 4 aromatic carbocycles. The molecule has 0 aliphatic rings. The van der Waals surface area contributed by atoms with Crippen LogP contribution in [0.5, 0.6) is 0 Å². The second kappa shape index (κ2) is 21.7. The quantitative estimate of drug-likeness (QED) is 0.0999. The zero-order valence-corrected chi connectivity index (χ0v) is 32.2. The minimum absolute atomic E-state index is 0.289. The second-order valence-electron chi connectivity index (χ2n) is 11.0. The van der Waals surface area contributed by atoms with Gasteiger partial charge in [0.2, 0.25) is 0 Å². The van der Waals surface area contributed by atoms with Crippen LogP contribution in [0.2, 0.25) is 0 Å². The number of methoxy groups -OCH3 is 2. The van der Waals surface area contributed by atoms with Crippen LogP contribution < -0.4 is 10.6 Å². The van der Waals surface area contributed by atoms with Gasteiger partial charge in [-0.25, -0.2) is 9.59 Å². The third kappa shape index (κ3) is 12.3. The molecule has 0 aliphatic carbocycles. The van der Waals surface area contributed by atoms with E-state index < -0.39 is 24.0 Å². The van der Waals surface area contributed by atoms with Gasteiger partial charge in [-0.05, 0) is 95.5 Å². The van der Waals surface area contributed by atoms with E-state index in [0.717, 1.165) is 38.2 Å². The SMILES string of the molecule is C#Cc1ccc(C(=O)N[C@@H](CCSC)C(=O)OC)c(-c2ccccc2)c1.COC(=O)[C@H](CCSC)NC(=O)c1ccc(Br)cc1-c1ccccc1. The average molecular weight is 790 g/mol. The fraction of sp³-hybridized carbons (Fsp3) is 0.250. The predicted octanol–water partition coefficient (Wildman–Crippen LogP) is 7.50. The molecule has 0 saturated heterocycles. The van der Waals surface area contributed by atoms with Crippen molar-refractivity contribution in [3.8, 4) is 34.6 Å². The van der Waals surface area contributed by atoms with Gasteiger partial charge in [0, 0.05) is 21.2 Å². The number of benzene rings is 4. The van der Waals surface area contributed by atoms with Crippen LogP contribution in [0.1, 0.15) is 39.1 Å². The lowest BCUT2D eigenvalue weighted by molar-refractivity contribution is -0.143. The summed E-state index contributed by atoms with van der Waals surface area (Å²) in [5, 5.41) is 5.59. The molecule has 0 unspecified atom stereocenters. The van der Waals surface area contributed by atoms with Crippen LogP contribution in [0.4, 0.5) is 0 Å². The molecule has 4 aromatic rings. The van der Waals surface area contributed by atoms with Gasteiger partial charge in [0.05, 0.1) is 14.2 Å². The third-order valence-electron chi connectivity index (χ3n) is 7.63. The molecule has 8 nitrogen and oxygen atoms in total. The molecule has 2 amide bonds. The summed E-state index contributed by atoms with van der Waals surface area (Å²) in [6.07, 6.45) is 10.4. The number of halogens is 1. The Kier molecular flexibility index (Phi) is 17.4. The summed E-state index contributed by atoms with van der Waals surface area (Å²) < 4.78 is 10.5. The molecular formula is C40H41BrN2O6S2. The van der Waals surface area contributed by atoms with E-state index in [0.29, 0.717) is 29.5 Å². The maximum Gasteiger partial charge on any atom is 0.328 e. The number of terminal acetylenes is 1. The van der Waals surface area contributed by atoms with Gasteiger partial charge in [0.1, 0.15) is 12.1 Å². The third-order valence-corrected chi connectivity index (χ3v) is 9.41. The molecule has 0 spiro atoms. The highest BCUT2D eigenvalue weighted by atomic mass is 79.9. The van der Waals surface area contributed by atoms with Gasteiger partial charge in [-0.15, -0.1) is 6.42 Å². The fourth-order valence-electron chi connectivity index (χ4n) is 4.99. The Morgan fingerprint density at radius 2 is 1.12 bits per heavy atom. The molecule has 0 aliphatic heterocycles. The normalized spacial score (nSPS) is 11.5. The van der Waals surface area contributed by atoms with E-state index in [9.17, 15) is 19.2 Å². The van der Waals surface area contributed by atoms with Gasteiger partial charge in [-0.3, -0.25) is 9.59 Å². The zero-order chi connectivity index (χ0) is 37.2. The molecule has 0 radical (unpaired) electrons. The van der Waals surface area contributed by atoms with Crippen LogP contribution in [0.25, 0.3) is 22.3 Å². The highest BCUT2D eigenvalue weighted by molar-refractivity contribution is 9.10. The van der Waals surface area contributed by atoms with Crippen molar-refractivity contribution in [2.75, 3.05) is 38.2 Å². The van der Waals surface area contributed by atoms with Crippen molar-refractivity contribution in [3.63, 3.8) is 0 Å². The Bertz CT molecular complexity index is 1820. The average Bonchev–Trinajstić information content (AvgIpc) is 3.17. The first-order valence-electron chi connectivity index (χ1n) is 15.9. The number of nitrogens with one attached hydrogen (secondary N) is 2. The molecule has 2 atom stereocenters. The number of ether oxygens (including phenoxy) is 2. The maximum atomic E-state index is 12.9. The summed E-state index contributed by atoms with van der Waals surface area (Å²) in [7, 11) is 2.65. The van der Waals surface area contributed by atoms with E-state index in [1.165, 1.54) is 14.2 Å². The standard InChI is InChI=1S/C21H21NO3S.C19H20BrNO3S/c1-4-15-10-11-17(18(14-15)16-8-6-5-7-9-16)20(23)22-19(12-13-26-3)21(24)25-2;1-24-19(23)17(10-11-25-2)21-18(22)15-9-8-14(20)12-16(15)13-6-4-3-5-7-13/h1,5-11,14,19H,12-13H2,2-3H3,(H,22,23);3-9,12,17H,10-11H2,1-2H3,(H,21,22)/t19-;17-/m00/s1. The topological polar surface area (TPSA) is 111 Å². The predicted molar refractivity (Wildman–Crippen MR) is 212 cm³/mol. The minimum Gasteiger partial charge on any atom is -0.467 e. The van der Waals surface area contributed by atoms with E-state index in [4.69, 9.17) is 15.9 Å². The highest BCUT2D eigenvalue weighted by Crippen LogP contribution is 2.28. The smallest absolute Gasteiger partial charge is 0.328 e. The summed E-state index contributed by atoms with van der Waals surface area (Å²) in [6.45, 7) is 0. The molecule has 0 bridgehead atoms. The number of carbonyl (C=O) groups excluding carboxylic acids is 4. The van der Waals surface area contributed by atoms with E-state index in [1.54, 1.807) is 47.8 Å². The van der Waals surface area contributed by atoms with Crippen molar-refractivity contribution >= 4 is 63.2 Å². The summed E-state index contributed by atoms with van der Waals surface area (Å²) in [4.78, 5) is 49.6. The Hall–Kier alpha value is -4.50. The zero-order valence-electron chi connectivity index (χ0n) is 28.9. The molecule has 0 saturated carbocycles. The van der Waals surface area contributed by atoms with Gasteiger partial charge >= 0.3 is 11.9 Å². The molecule has 0 aromatic heterocycles. The molecule has 0 heterocycles. The molecular weight excluding hydrogens is 748 g/mol. The number of esters is 2. The highest BCUT2D eigenvalue weighted by Gasteiger charge is 2.25. The molecule has 0 fully saturated rings. The summed E-state index contributed by atoms with van der Waals surface area (Å²) in [6, 6.07) is 28.6. The Balaban J connectivity index is 0.000000276. The van der Waals surface area contributed by atoms with Crippen LogP contribution in [-0.2, 0) is 19.1 Å². The van der Waals surface area contributed by atoms with E-state index in [1.807, 2.05) is 85.3 Å². The fourth-order valence-corrected chi connectivity index (χ4v) is 6.29. The molecule has 2 N–H and O–H groups in total. The van der Waals surface area contributed by atoms with Crippen LogP contribution in [0.15, 0.2) is 102 Å². The van der Waals surface area contributed by atoms with E-state index in [2.05, 4.69) is 32.5 Å². The minimum atomic E-state index is -0.684. The molecule has 266 valence electrons. The van der Waals surface area contributed by atoms with Crippen molar-refractivity contribution in [1.82, 2.24) is 10.6 Å². The number of thioether (sulfide) groups is 2. The first kappa shape index (κ1) is 40.9. The molecule has 11 heteroatoms. The van der Waals surface area contributed by atoms with Gasteiger partial charge in [-0.1, -0.05) is 82.5 Å². The summed E-state index contributed by atoms with van der Waals surface area (Å²) in [5.74, 6) is 2.59. The lowest BCUT2D eigenvalue weighted by Crippen LogP contribution is -2.42. The largest absolute Gasteiger partial charge is 0.467 e. The lowest BCUT2D eigenvalue weighted by Gasteiger charge is -2.17.